The Hall–Kier alpha value is -2.67. The molecule has 29 heavy (non-hydrogen) atoms. The topological polar surface area (TPSA) is 71.3 Å². The highest BCUT2D eigenvalue weighted by Crippen LogP contribution is 2.33. The van der Waals surface area contributed by atoms with Crippen molar-refractivity contribution < 1.29 is 13.6 Å². The molecule has 0 unspecified atom stereocenters. The van der Waals surface area contributed by atoms with Gasteiger partial charge < -0.3 is 14.6 Å². The van der Waals surface area contributed by atoms with Gasteiger partial charge in [0.1, 0.15) is 23.2 Å². The first-order valence-corrected chi connectivity index (χ1v) is 9.96. The van der Waals surface area contributed by atoms with Gasteiger partial charge in [-0.25, -0.2) is 9.37 Å². The van der Waals surface area contributed by atoms with Crippen molar-refractivity contribution in [2.45, 2.75) is 33.6 Å². The van der Waals surface area contributed by atoms with Crippen LogP contribution in [0.15, 0.2) is 22.6 Å². The standard InChI is InChI=1S/C21H22ClFN4O2/c1-11-12(2)29-21-18(11)19(24-13(3)25-21)27-8-4-5-14(10-27)20(28)26-17-7-6-15(23)9-16(17)22/h6-7,9,14H,4-5,8,10H2,1-3H3,(H,26,28)/t14-/m1/s1. The lowest BCUT2D eigenvalue weighted by Crippen LogP contribution is -2.41. The number of piperidine rings is 1. The van der Waals surface area contributed by atoms with Crippen molar-refractivity contribution >= 4 is 40.1 Å². The third-order valence-corrected chi connectivity index (χ3v) is 5.71. The van der Waals surface area contributed by atoms with Gasteiger partial charge in [-0.15, -0.1) is 0 Å². The van der Waals surface area contributed by atoms with E-state index >= 15 is 0 Å². The van der Waals surface area contributed by atoms with E-state index in [1.807, 2.05) is 20.8 Å². The van der Waals surface area contributed by atoms with Gasteiger partial charge in [-0.1, -0.05) is 11.6 Å². The van der Waals surface area contributed by atoms with E-state index in [0.29, 0.717) is 23.8 Å². The fourth-order valence-corrected chi connectivity index (χ4v) is 3.98. The van der Waals surface area contributed by atoms with E-state index in [-0.39, 0.29) is 16.8 Å². The smallest absolute Gasteiger partial charge is 0.231 e. The van der Waals surface area contributed by atoms with Gasteiger partial charge in [0, 0.05) is 18.7 Å². The molecule has 1 aliphatic heterocycles. The summed E-state index contributed by atoms with van der Waals surface area (Å²) in [5, 5.41) is 3.91. The molecule has 3 heterocycles. The van der Waals surface area contributed by atoms with Crippen LogP contribution in [-0.4, -0.2) is 29.0 Å². The van der Waals surface area contributed by atoms with Crippen LogP contribution in [0, 0.1) is 32.5 Å². The van der Waals surface area contributed by atoms with E-state index in [1.165, 1.54) is 18.2 Å². The largest absolute Gasteiger partial charge is 0.443 e. The Bertz CT molecular complexity index is 1100. The van der Waals surface area contributed by atoms with Crippen LogP contribution < -0.4 is 10.2 Å². The van der Waals surface area contributed by atoms with Crippen molar-refractivity contribution in [3.05, 3.63) is 46.2 Å². The van der Waals surface area contributed by atoms with Crippen LogP contribution in [0.3, 0.4) is 0 Å². The molecule has 1 aliphatic rings. The maximum absolute atomic E-state index is 13.2. The molecule has 1 saturated heterocycles. The fourth-order valence-electron chi connectivity index (χ4n) is 3.77. The van der Waals surface area contributed by atoms with Crippen molar-refractivity contribution in [3.63, 3.8) is 0 Å². The van der Waals surface area contributed by atoms with Crippen molar-refractivity contribution in [1.82, 2.24) is 9.97 Å². The van der Waals surface area contributed by atoms with Crippen LogP contribution in [0.1, 0.15) is 30.0 Å². The minimum atomic E-state index is -0.439. The van der Waals surface area contributed by atoms with E-state index in [1.54, 1.807) is 0 Å². The van der Waals surface area contributed by atoms with Crippen molar-refractivity contribution in [3.8, 4) is 0 Å². The van der Waals surface area contributed by atoms with Crippen LogP contribution in [-0.2, 0) is 4.79 Å². The molecule has 0 radical (unpaired) electrons. The lowest BCUT2D eigenvalue weighted by atomic mass is 9.96. The zero-order chi connectivity index (χ0) is 20.7. The summed E-state index contributed by atoms with van der Waals surface area (Å²) in [6.45, 7) is 7.07. The second kappa shape index (κ2) is 7.63. The van der Waals surface area contributed by atoms with Crippen LogP contribution >= 0.6 is 11.6 Å². The summed E-state index contributed by atoms with van der Waals surface area (Å²) in [6, 6.07) is 3.94. The minimum Gasteiger partial charge on any atom is -0.443 e. The predicted molar refractivity (Wildman–Crippen MR) is 111 cm³/mol. The highest BCUT2D eigenvalue weighted by molar-refractivity contribution is 6.33. The lowest BCUT2D eigenvalue weighted by molar-refractivity contribution is -0.120. The van der Waals surface area contributed by atoms with E-state index in [2.05, 4.69) is 20.2 Å². The van der Waals surface area contributed by atoms with Crippen molar-refractivity contribution in [1.29, 1.82) is 0 Å². The summed E-state index contributed by atoms with van der Waals surface area (Å²) in [5.41, 5.74) is 2.00. The number of furan rings is 1. The Morgan fingerprint density at radius 2 is 2.10 bits per heavy atom. The van der Waals surface area contributed by atoms with Crippen molar-refractivity contribution in [2.24, 2.45) is 5.92 Å². The third kappa shape index (κ3) is 3.79. The van der Waals surface area contributed by atoms with E-state index in [9.17, 15) is 9.18 Å². The fraction of sp³-hybridized carbons (Fsp3) is 0.381. The van der Waals surface area contributed by atoms with Crippen LogP contribution in [0.25, 0.3) is 11.1 Å². The number of aromatic nitrogens is 2. The van der Waals surface area contributed by atoms with Gasteiger partial charge in [-0.3, -0.25) is 4.79 Å². The van der Waals surface area contributed by atoms with Crippen LogP contribution in [0.4, 0.5) is 15.9 Å². The summed E-state index contributed by atoms with van der Waals surface area (Å²) < 4.78 is 19.0. The van der Waals surface area contributed by atoms with Gasteiger partial charge in [0.15, 0.2) is 0 Å². The number of carbonyl (C=O) groups excluding carboxylic acids is 1. The zero-order valence-electron chi connectivity index (χ0n) is 16.6. The lowest BCUT2D eigenvalue weighted by Gasteiger charge is -2.33. The number of carbonyl (C=O) groups is 1. The average molecular weight is 417 g/mol. The van der Waals surface area contributed by atoms with E-state index in [0.717, 1.165) is 41.9 Å². The first-order chi connectivity index (χ1) is 13.8. The highest BCUT2D eigenvalue weighted by Gasteiger charge is 2.29. The SMILES string of the molecule is Cc1nc(N2CCC[C@@H](C(=O)Nc3ccc(F)cc3Cl)C2)c2c(C)c(C)oc2n1. The Morgan fingerprint density at radius 1 is 1.31 bits per heavy atom. The monoisotopic (exact) mass is 416 g/mol. The summed E-state index contributed by atoms with van der Waals surface area (Å²) in [5.74, 6) is 1.45. The summed E-state index contributed by atoms with van der Waals surface area (Å²) >= 11 is 6.05. The summed E-state index contributed by atoms with van der Waals surface area (Å²) in [6.07, 6.45) is 1.62. The second-order valence-corrected chi connectivity index (χ2v) is 7.86. The van der Waals surface area contributed by atoms with Crippen LogP contribution in [0.5, 0.6) is 0 Å². The number of rotatable bonds is 3. The van der Waals surface area contributed by atoms with Gasteiger partial charge in [0.25, 0.3) is 0 Å². The second-order valence-electron chi connectivity index (χ2n) is 7.46. The molecule has 1 aromatic carbocycles. The van der Waals surface area contributed by atoms with Gasteiger partial charge in [0.05, 0.1) is 22.0 Å². The number of hydrogen-bond acceptors (Lipinski definition) is 5. The molecule has 3 aromatic rings. The molecule has 1 amide bonds. The van der Waals surface area contributed by atoms with E-state index in [4.69, 9.17) is 16.0 Å². The number of benzene rings is 1. The predicted octanol–water partition coefficient (Wildman–Crippen LogP) is 4.80. The molecule has 4 rings (SSSR count). The summed E-state index contributed by atoms with van der Waals surface area (Å²) in [7, 11) is 0. The first-order valence-electron chi connectivity index (χ1n) is 9.58. The molecule has 0 saturated carbocycles. The van der Waals surface area contributed by atoms with Gasteiger partial charge >= 0.3 is 0 Å². The number of fused-ring (bicyclic) bond motifs is 1. The molecular weight excluding hydrogens is 395 g/mol. The van der Waals surface area contributed by atoms with Gasteiger partial charge in [-0.2, -0.15) is 4.98 Å². The first kappa shape index (κ1) is 19.6. The highest BCUT2D eigenvalue weighted by atomic mass is 35.5. The molecule has 1 fully saturated rings. The minimum absolute atomic E-state index is 0.134. The molecule has 0 aliphatic carbocycles. The Morgan fingerprint density at radius 3 is 2.86 bits per heavy atom. The molecule has 1 N–H and O–H groups in total. The number of nitrogens with one attached hydrogen (secondary N) is 1. The van der Waals surface area contributed by atoms with E-state index < -0.39 is 5.82 Å². The molecule has 1 atom stereocenters. The number of nitrogens with zero attached hydrogens (tertiary/aromatic N) is 3. The maximum atomic E-state index is 13.2. The van der Waals surface area contributed by atoms with Gasteiger partial charge in [0.2, 0.25) is 11.6 Å². The normalized spacial score (nSPS) is 17.0. The Balaban J connectivity index is 1.59. The molecule has 2 aromatic heterocycles. The van der Waals surface area contributed by atoms with Crippen molar-refractivity contribution in [2.75, 3.05) is 23.3 Å². The maximum Gasteiger partial charge on any atom is 0.231 e. The average Bonchev–Trinajstić information content (AvgIpc) is 2.97. The Kier molecular flexibility index (Phi) is 5.17. The Labute approximate surface area is 173 Å². The number of halogens is 2. The van der Waals surface area contributed by atoms with Crippen LogP contribution in [0.2, 0.25) is 5.02 Å². The van der Waals surface area contributed by atoms with Gasteiger partial charge in [-0.05, 0) is 51.8 Å². The molecule has 0 spiro atoms. The summed E-state index contributed by atoms with van der Waals surface area (Å²) in [4.78, 5) is 24.0. The molecule has 8 heteroatoms. The number of aryl methyl sites for hydroxylation is 3. The number of anilines is 2. The number of hydrogen-bond donors (Lipinski definition) is 1. The number of amides is 1. The quantitative estimate of drug-likeness (QED) is 0.664. The molecule has 152 valence electrons. The molecule has 6 nitrogen and oxygen atoms in total. The molecular formula is C21H22ClFN4O2. The third-order valence-electron chi connectivity index (χ3n) is 5.40. The molecule has 0 bridgehead atoms. The zero-order valence-corrected chi connectivity index (χ0v) is 17.3.